The monoisotopic (exact) mass is 141 g/mol. The molecule has 0 spiro atoms. The van der Waals surface area contributed by atoms with E-state index >= 15 is 0 Å². The summed E-state index contributed by atoms with van der Waals surface area (Å²) < 4.78 is 0. The molecule has 0 amide bonds. The summed E-state index contributed by atoms with van der Waals surface area (Å²) in [6.07, 6.45) is 3.22. The van der Waals surface area contributed by atoms with Crippen LogP contribution in [0.25, 0.3) is 0 Å². The number of hydrogen-bond donors (Lipinski definition) is 0. The van der Waals surface area contributed by atoms with Gasteiger partial charge in [-0.2, -0.15) is 0 Å². The molecule has 0 saturated heterocycles. The van der Waals surface area contributed by atoms with Crippen LogP contribution in [0.15, 0.2) is 5.16 Å². The second kappa shape index (κ2) is 2.60. The number of oxime groups is 1. The molecule has 1 rings (SSSR count). The van der Waals surface area contributed by atoms with Crippen molar-refractivity contribution >= 4 is 5.71 Å². The van der Waals surface area contributed by atoms with E-state index in [4.69, 9.17) is 4.84 Å². The van der Waals surface area contributed by atoms with Gasteiger partial charge in [0.05, 0.1) is 5.71 Å². The van der Waals surface area contributed by atoms with Crippen molar-refractivity contribution in [2.24, 2.45) is 5.16 Å². The summed E-state index contributed by atoms with van der Waals surface area (Å²) in [6, 6.07) is 0. The topological polar surface area (TPSA) is 21.6 Å². The Morgan fingerprint density at radius 3 is 2.70 bits per heavy atom. The Morgan fingerprint density at radius 1 is 1.60 bits per heavy atom. The van der Waals surface area contributed by atoms with Gasteiger partial charge in [-0.05, 0) is 33.1 Å². The van der Waals surface area contributed by atoms with Gasteiger partial charge in [0.1, 0.15) is 5.60 Å². The summed E-state index contributed by atoms with van der Waals surface area (Å²) in [4.78, 5) is 5.26. The molecule has 0 N–H and O–H groups in total. The predicted octanol–water partition coefficient (Wildman–Crippen LogP) is 2.34. The maximum absolute atomic E-state index is 5.26. The standard InChI is InChI=1S/C8H15NO/c1-4-7-5-6-8(2,3)10-9-7/h4-6H2,1-3H3. The molecule has 0 aromatic carbocycles. The fraction of sp³-hybridized carbons (Fsp3) is 0.875. The lowest BCUT2D eigenvalue weighted by molar-refractivity contribution is -0.0291. The highest BCUT2D eigenvalue weighted by atomic mass is 16.6. The highest BCUT2D eigenvalue weighted by Gasteiger charge is 2.23. The maximum Gasteiger partial charge on any atom is 0.132 e. The van der Waals surface area contributed by atoms with Gasteiger partial charge < -0.3 is 4.84 Å². The molecule has 0 saturated carbocycles. The van der Waals surface area contributed by atoms with Crippen LogP contribution in [0.4, 0.5) is 0 Å². The predicted molar refractivity (Wildman–Crippen MR) is 42.1 cm³/mol. The first-order chi connectivity index (χ1) is 4.64. The third kappa shape index (κ3) is 1.72. The van der Waals surface area contributed by atoms with Gasteiger partial charge >= 0.3 is 0 Å². The maximum atomic E-state index is 5.26. The Bertz CT molecular complexity index is 149. The van der Waals surface area contributed by atoms with Gasteiger partial charge in [-0.25, -0.2) is 0 Å². The molecule has 0 atom stereocenters. The molecule has 0 fully saturated rings. The Hall–Kier alpha value is -0.530. The summed E-state index contributed by atoms with van der Waals surface area (Å²) in [7, 11) is 0. The van der Waals surface area contributed by atoms with E-state index in [1.165, 1.54) is 5.71 Å². The molecule has 2 heteroatoms. The minimum absolute atomic E-state index is 0.0291. The molecule has 1 heterocycles. The second-order valence-electron chi connectivity index (χ2n) is 3.36. The zero-order chi connectivity index (χ0) is 7.61. The zero-order valence-corrected chi connectivity index (χ0v) is 6.98. The van der Waals surface area contributed by atoms with E-state index in [1.807, 2.05) is 0 Å². The van der Waals surface area contributed by atoms with E-state index in [9.17, 15) is 0 Å². The summed E-state index contributed by atoms with van der Waals surface area (Å²) >= 11 is 0. The van der Waals surface area contributed by atoms with Crippen molar-refractivity contribution in [3.05, 3.63) is 0 Å². The van der Waals surface area contributed by atoms with E-state index in [-0.39, 0.29) is 5.60 Å². The fourth-order valence-corrected chi connectivity index (χ4v) is 0.966. The molecule has 0 unspecified atom stereocenters. The summed E-state index contributed by atoms with van der Waals surface area (Å²) in [5.74, 6) is 0. The number of hydrogen-bond acceptors (Lipinski definition) is 2. The molecule has 0 radical (unpaired) electrons. The molecule has 0 bridgehead atoms. The van der Waals surface area contributed by atoms with Gasteiger partial charge in [0, 0.05) is 0 Å². The van der Waals surface area contributed by atoms with E-state index in [0.29, 0.717) is 0 Å². The van der Waals surface area contributed by atoms with Gasteiger partial charge in [0.2, 0.25) is 0 Å². The lowest BCUT2D eigenvalue weighted by Crippen LogP contribution is -2.27. The van der Waals surface area contributed by atoms with Gasteiger partial charge in [-0.3, -0.25) is 0 Å². The highest BCUT2D eigenvalue weighted by Crippen LogP contribution is 2.22. The van der Waals surface area contributed by atoms with Gasteiger partial charge in [0.25, 0.3) is 0 Å². The summed E-state index contributed by atoms with van der Waals surface area (Å²) in [5, 5.41) is 4.02. The Balaban J connectivity index is 2.52. The average molecular weight is 141 g/mol. The summed E-state index contributed by atoms with van der Waals surface area (Å²) in [6.45, 7) is 6.26. The first-order valence-corrected chi connectivity index (χ1v) is 3.88. The van der Waals surface area contributed by atoms with Crippen LogP contribution in [-0.4, -0.2) is 11.3 Å². The molecule has 0 aromatic rings. The lowest BCUT2D eigenvalue weighted by atomic mass is 9.99. The van der Waals surface area contributed by atoms with Crippen molar-refractivity contribution in [3.8, 4) is 0 Å². The molecular formula is C8H15NO. The molecular weight excluding hydrogens is 126 g/mol. The van der Waals surface area contributed by atoms with Gasteiger partial charge in [-0.15, -0.1) is 0 Å². The highest BCUT2D eigenvalue weighted by molar-refractivity contribution is 5.84. The molecule has 10 heavy (non-hydrogen) atoms. The van der Waals surface area contributed by atoms with Crippen LogP contribution in [0, 0.1) is 0 Å². The molecule has 58 valence electrons. The van der Waals surface area contributed by atoms with E-state index in [2.05, 4.69) is 25.9 Å². The van der Waals surface area contributed by atoms with Crippen LogP contribution in [0.1, 0.15) is 40.0 Å². The van der Waals surface area contributed by atoms with Crippen LogP contribution in [-0.2, 0) is 4.84 Å². The molecule has 1 aliphatic rings. The van der Waals surface area contributed by atoms with Crippen LogP contribution >= 0.6 is 0 Å². The van der Waals surface area contributed by atoms with Crippen molar-refractivity contribution in [1.29, 1.82) is 0 Å². The molecule has 2 nitrogen and oxygen atoms in total. The van der Waals surface area contributed by atoms with Crippen molar-refractivity contribution < 1.29 is 4.84 Å². The van der Waals surface area contributed by atoms with Crippen LogP contribution in [0.3, 0.4) is 0 Å². The quantitative estimate of drug-likeness (QED) is 0.549. The number of nitrogens with zero attached hydrogens (tertiary/aromatic N) is 1. The van der Waals surface area contributed by atoms with Crippen molar-refractivity contribution in [3.63, 3.8) is 0 Å². The molecule has 0 aromatic heterocycles. The van der Waals surface area contributed by atoms with Crippen LogP contribution in [0.5, 0.6) is 0 Å². The third-order valence-electron chi connectivity index (χ3n) is 1.85. The Labute approximate surface area is 62.3 Å². The smallest absolute Gasteiger partial charge is 0.132 e. The largest absolute Gasteiger partial charge is 0.390 e. The average Bonchev–Trinajstić information content (AvgIpc) is 1.88. The van der Waals surface area contributed by atoms with Crippen molar-refractivity contribution in [2.45, 2.75) is 45.6 Å². The van der Waals surface area contributed by atoms with E-state index in [0.717, 1.165) is 19.3 Å². The fourth-order valence-electron chi connectivity index (χ4n) is 0.966. The zero-order valence-electron chi connectivity index (χ0n) is 6.98. The molecule has 0 aliphatic carbocycles. The molecule has 1 aliphatic heterocycles. The first kappa shape index (κ1) is 7.58. The first-order valence-electron chi connectivity index (χ1n) is 3.88. The minimum Gasteiger partial charge on any atom is -0.390 e. The SMILES string of the molecule is CCC1=NOC(C)(C)CC1. The van der Waals surface area contributed by atoms with E-state index in [1.54, 1.807) is 0 Å². The third-order valence-corrected chi connectivity index (χ3v) is 1.85. The van der Waals surface area contributed by atoms with Gasteiger partial charge in [-0.1, -0.05) is 12.1 Å². The lowest BCUT2D eigenvalue weighted by Gasteiger charge is -2.26. The van der Waals surface area contributed by atoms with Crippen LogP contribution in [0.2, 0.25) is 0 Å². The summed E-state index contributed by atoms with van der Waals surface area (Å²) in [5.41, 5.74) is 1.16. The second-order valence-corrected chi connectivity index (χ2v) is 3.36. The number of rotatable bonds is 1. The Morgan fingerprint density at radius 2 is 2.30 bits per heavy atom. The van der Waals surface area contributed by atoms with E-state index < -0.39 is 0 Å². The normalized spacial score (nSPS) is 23.3. The van der Waals surface area contributed by atoms with Crippen LogP contribution < -0.4 is 0 Å². The van der Waals surface area contributed by atoms with Crippen molar-refractivity contribution in [2.75, 3.05) is 0 Å². The van der Waals surface area contributed by atoms with Gasteiger partial charge in [0.15, 0.2) is 0 Å². The minimum atomic E-state index is -0.0291. The van der Waals surface area contributed by atoms with Crippen molar-refractivity contribution in [1.82, 2.24) is 0 Å². The Kier molecular flexibility index (Phi) is 1.97.